The quantitative estimate of drug-likeness (QED) is 0.727. The molecule has 18 heavy (non-hydrogen) atoms. The van der Waals surface area contributed by atoms with E-state index in [0.717, 1.165) is 0 Å². The Morgan fingerprint density at radius 3 is 2.50 bits per heavy atom. The van der Waals surface area contributed by atoms with Gasteiger partial charge in [-0.3, -0.25) is 4.79 Å². The zero-order chi connectivity index (χ0) is 13.9. The number of benzene rings is 1. The number of amides is 1. The maximum atomic E-state index is 11.7. The Bertz CT molecular complexity index is 553. The van der Waals surface area contributed by atoms with E-state index in [1.807, 2.05) is 0 Å². The molecule has 0 radical (unpaired) electrons. The first-order chi connectivity index (χ1) is 8.27. The third-order valence-corrected chi connectivity index (χ3v) is 3.98. The predicted molar refractivity (Wildman–Crippen MR) is 69.7 cm³/mol. The van der Waals surface area contributed by atoms with Gasteiger partial charge in [0.05, 0.1) is 10.9 Å². The molecule has 1 rings (SSSR count). The molecule has 0 saturated heterocycles. The summed E-state index contributed by atoms with van der Waals surface area (Å²) in [5, 5.41) is 2.55. The third kappa shape index (κ3) is 3.28. The van der Waals surface area contributed by atoms with Crippen molar-refractivity contribution in [2.45, 2.75) is 24.8 Å². The fourth-order valence-electron chi connectivity index (χ4n) is 1.33. The maximum absolute atomic E-state index is 11.7. The summed E-state index contributed by atoms with van der Waals surface area (Å²) in [6, 6.07) is 4.00. The number of hydrogen-bond acceptors (Lipinski definition) is 4. The van der Waals surface area contributed by atoms with Gasteiger partial charge in [0, 0.05) is 5.69 Å². The highest BCUT2D eigenvalue weighted by molar-refractivity contribution is 7.89. The molecule has 0 aromatic heterocycles. The minimum Gasteiger partial charge on any atom is -0.325 e. The molecule has 100 valence electrons. The van der Waals surface area contributed by atoms with Crippen LogP contribution >= 0.6 is 0 Å². The van der Waals surface area contributed by atoms with Gasteiger partial charge in [-0.25, -0.2) is 13.1 Å². The van der Waals surface area contributed by atoms with E-state index in [-0.39, 0.29) is 10.8 Å². The van der Waals surface area contributed by atoms with Crippen LogP contribution in [0.2, 0.25) is 0 Å². The summed E-state index contributed by atoms with van der Waals surface area (Å²) in [6.45, 7) is 3.23. The van der Waals surface area contributed by atoms with Crippen molar-refractivity contribution in [3.63, 3.8) is 0 Å². The van der Waals surface area contributed by atoms with Crippen molar-refractivity contribution in [3.05, 3.63) is 23.8 Å². The molecule has 1 unspecified atom stereocenters. The van der Waals surface area contributed by atoms with Crippen LogP contribution in [0, 0.1) is 6.92 Å². The minimum absolute atomic E-state index is 0.132. The maximum Gasteiger partial charge on any atom is 0.240 e. The van der Waals surface area contributed by atoms with E-state index >= 15 is 0 Å². The largest absolute Gasteiger partial charge is 0.325 e. The summed E-state index contributed by atoms with van der Waals surface area (Å²) in [4.78, 5) is 11.6. The molecular formula is C11H17N3O3S. The van der Waals surface area contributed by atoms with Crippen molar-refractivity contribution < 1.29 is 13.2 Å². The number of carbonyl (C=O) groups excluding carboxylic acids is 1. The van der Waals surface area contributed by atoms with Gasteiger partial charge in [-0.05, 0) is 38.6 Å². The number of carbonyl (C=O) groups is 1. The minimum atomic E-state index is -3.54. The lowest BCUT2D eigenvalue weighted by Crippen LogP contribution is -2.32. The molecule has 0 saturated carbocycles. The third-order valence-electron chi connectivity index (χ3n) is 2.43. The van der Waals surface area contributed by atoms with Gasteiger partial charge in [0.25, 0.3) is 0 Å². The molecule has 0 heterocycles. The Balaban J connectivity index is 3.13. The molecule has 1 atom stereocenters. The van der Waals surface area contributed by atoms with Crippen molar-refractivity contribution in [2.75, 3.05) is 12.4 Å². The first-order valence-corrected chi connectivity index (χ1v) is 6.87. The van der Waals surface area contributed by atoms with Crippen LogP contribution in [0.4, 0.5) is 5.69 Å². The fourth-order valence-corrected chi connectivity index (χ4v) is 2.33. The van der Waals surface area contributed by atoms with E-state index in [0.29, 0.717) is 11.3 Å². The number of rotatable bonds is 4. The van der Waals surface area contributed by atoms with Crippen molar-refractivity contribution >= 4 is 21.6 Å². The topological polar surface area (TPSA) is 101 Å². The van der Waals surface area contributed by atoms with Crippen LogP contribution in [0.25, 0.3) is 0 Å². The molecule has 0 spiro atoms. The number of aryl methyl sites for hydroxylation is 1. The molecule has 0 aliphatic rings. The Hall–Kier alpha value is -1.44. The lowest BCUT2D eigenvalue weighted by atomic mass is 10.2. The number of nitrogens with two attached hydrogens (primary N) is 1. The summed E-state index contributed by atoms with van der Waals surface area (Å²) in [6.07, 6.45) is 0. The van der Waals surface area contributed by atoms with Crippen LogP contribution in [0.1, 0.15) is 12.5 Å². The summed E-state index contributed by atoms with van der Waals surface area (Å²) in [5.41, 5.74) is 6.42. The summed E-state index contributed by atoms with van der Waals surface area (Å²) in [5.74, 6) is -0.369. The summed E-state index contributed by atoms with van der Waals surface area (Å²) >= 11 is 0. The highest BCUT2D eigenvalue weighted by atomic mass is 32.2. The van der Waals surface area contributed by atoms with Crippen LogP contribution < -0.4 is 15.8 Å². The van der Waals surface area contributed by atoms with Gasteiger partial charge < -0.3 is 11.1 Å². The molecule has 1 aromatic carbocycles. The smallest absolute Gasteiger partial charge is 0.240 e. The van der Waals surface area contributed by atoms with Crippen molar-refractivity contribution in [1.82, 2.24) is 4.72 Å². The Kier molecular flexibility index (Phi) is 4.44. The molecule has 4 N–H and O–H groups in total. The van der Waals surface area contributed by atoms with Gasteiger partial charge in [0.1, 0.15) is 0 Å². The lowest BCUT2D eigenvalue weighted by Gasteiger charge is -2.11. The molecule has 0 fully saturated rings. The Labute approximate surface area is 107 Å². The SMILES string of the molecule is CNS(=O)(=O)c1cc(NC(=O)C(C)N)ccc1C. The highest BCUT2D eigenvalue weighted by Gasteiger charge is 2.16. The molecule has 0 bridgehead atoms. The molecule has 1 aromatic rings. The van der Waals surface area contributed by atoms with E-state index in [1.165, 1.54) is 13.1 Å². The number of sulfonamides is 1. The first kappa shape index (κ1) is 14.6. The van der Waals surface area contributed by atoms with E-state index in [1.54, 1.807) is 26.0 Å². The second-order valence-corrected chi connectivity index (χ2v) is 5.82. The van der Waals surface area contributed by atoms with Crippen molar-refractivity contribution in [2.24, 2.45) is 5.73 Å². The zero-order valence-corrected chi connectivity index (χ0v) is 11.3. The first-order valence-electron chi connectivity index (χ1n) is 5.38. The molecular weight excluding hydrogens is 254 g/mol. The second-order valence-electron chi connectivity index (χ2n) is 3.97. The van der Waals surface area contributed by atoms with Crippen LogP contribution in [-0.4, -0.2) is 27.4 Å². The predicted octanol–water partition coefficient (Wildman–Crippen LogP) is 0.189. The van der Waals surface area contributed by atoms with Crippen LogP contribution in [0.5, 0.6) is 0 Å². The number of nitrogens with one attached hydrogen (secondary N) is 2. The van der Waals surface area contributed by atoms with Gasteiger partial charge in [0.15, 0.2) is 0 Å². The highest BCUT2D eigenvalue weighted by Crippen LogP contribution is 2.19. The van der Waals surface area contributed by atoms with Gasteiger partial charge in [-0.15, -0.1) is 0 Å². The standard InChI is InChI=1S/C11H17N3O3S/c1-7-4-5-9(14-11(15)8(2)12)6-10(7)18(16,17)13-3/h4-6,8,13H,12H2,1-3H3,(H,14,15). The molecule has 1 amide bonds. The van der Waals surface area contributed by atoms with Crippen LogP contribution in [-0.2, 0) is 14.8 Å². The van der Waals surface area contributed by atoms with Crippen molar-refractivity contribution in [3.8, 4) is 0 Å². The van der Waals surface area contributed by atoms with E-state index in [4.69, 9.17) is 5.73 Å². The lowest BCUT2D eigenvalue weighted by molar-refractivity contribution is -0.117. The number of hydrogen-bond donors (Lipinski definition) is 3. The van der Waals surface area contributed by atoms with Gasteiger partial charge >= 0.3 is 0 Å². The fraction of sp³-hybridized carbons (Fsp3) is 0.364. The van der Waals surface area contributed by atoms with Gasteiger partial charge in [0.2, 0.25) is 15.9 Å². The zero-order valence-electron chi connectivity index (χ0n) is 10.5. The van der Waals surface area contributed by atoms with Gasteiger partial charge in [-0.1, -0.05) is 6.07 Å². The van der Waals surface area contributed by atoms with Crippen LogP contribution in [0.15, 0.2) is 23.1 Å². The molecule has 6 nitrogen and oxygen atoms in total. The van der Waals surface area contributed by atoms with Crippen molar-refractivity contribution in [1.29, 1.82) is 0 Å². The Morgan fingerprint density at radius 2 is 2.00 bits per heavy atom. The molecule has 0 aliphatic heterocycles. The second kappa shape index (κ2) is 5.47. The van der Waals surface area contributed by atoms with Crippen LogP contribution in [0.3, 0.4) is 0 Å². The summed E-state index contributed by atoms with van der Waals surface area (Å²) < 4.78 is 25.7. The number of anilines is 1. The van der Waals surface area contributed by atoms with E-state index < -0.39 is 16.1 Å². The normalized spacial score (nSPS) is 13.1. The molecule has 0 aliphatic carbocycles. The molecule has 7 heteroatoms. The van der Waals surface area contributed by atoms with E-state index in [2.05, 4.69) is 10.0 Å². The summed E-state index contributed by atoms with van der Waals surface area (Å²) in [7, 11) is -2.20. The van der Waals surface area contributed by atoms with E-state index in [9.17, 15) is 13.2 Å². The van der Waals surface area contributed by atoms with Gasteiger partial charge in [-0.2, -0.15) is 0 Å². The Morgan fingerprint density at radius 1 is 1.39 bits per heavy atom. The average Bonchev–Trinajstić information content (AvgIpc) is 2.31. The monoisotopic (exact) mass is 271 g/mol. The average molecular weight is 271 g/mol.